The fourth-order valence-corrected chi connectivity index (χ4v) is 2.48. The van der Waals surface area contributed by atoms with Crippen LogP contribution in [0.15, 0.2) is 12.4 Å². The van der Waals surface area contributed by atoms with E-state index in [2.05, 4.69) is 20.5 Å². The highest BCUT2D eigenvalue weighted by Crippen LogP contribution is 2.29. The largest absolute Gasteiger partial charge is 0.435 e. The van der Waals surface area contributed by atoms with E-state index in [-0.39, 0.29) is 11.7 Å². The van der Waals surface area contributed by atoms with E-state index in [1.165, 1.54) is 13.4 Å². The van der Waals surface area contributed by atoms with Crippen molar-refractivity contribution in [1.29, 1.82) is 0 Å². The van der Waals surface area contributed by atoms with Crippen LogP contribution < -0.4 is 5.32 Å². The predicted octanol–water partition coefficient (Wildman–Crippen LogP) is 1.30. The molecule has 0 fully saturated rings. The van der Waals surface area contributed by atoms with Gasteiger partial charge in [-0.25, -0.2) is 9.67 Å². The van der Waals surface area contributed by atoms with Gasteiger partial charge in [-0.05, 0) is 12.8 Å². The molecule has 7 nitrogen and oxygen atoms in total. The number of nitrogens with one attached hydrogen (secondary N) is 1. The van der Waals surface area contributed by atoms with Gasteiger partial charge in [0.05, 0.1) is 6.04 Å². The van der Waals surface area contributed by atoms with Crippen LogP contribution in [0.1, 0.15) is 40.9 Å². The van der Waals surface area contributed by atoms with Crippen LogP contribution in [0.4, 0.5) is 13.2 Å². The summed E-state index contributed by atoms with van der Waals surface area (Å²) in [4.78, 5) is 16.3. The molecule has 1 amide bonds. The number of nitrogens with zero attached hydrogens (tertiary/aromatic N) is 5. The normalized spacial score (nSPS) is 18.1. The number of carbonyl (C=O) groups is 1. The zero-order chi connectivity index (χ0) is 15.9. The van der Waals surface area contributed by atoms with Crippen LogP contribution in [-0.4, -0.2) is 30.5 Å². The molecule has 1 aliphatic heterocycles. The average molecular weight is 314 g/mol. The monoisotopic (exact) mass is 314 g/mol. The van der Waals surface area contributed by atoms with E-state index in [0.717, 1.165) is 17.2 Å². The standard InChI is InChI=1S/C12H13F3N6O/c1-20-8(5-9(19-20)12(13,14)15)11(22)18-7-3-2-4-21-10(7)16-6-17-21/h5-7H,2-4H2,1H3,(H,18,22). The number of amides is 1. The van der Waals surface area contributed by atoms with Crippen LogP contribution in [0, 0.1) is 0 Å². The van der Waals surface area contributed by atoms with Gasteiger partial charge in [-0.1, -0.05) is 0 Å². The molecule has 3 heterocycles. The van der Waals surface area contributed by atoms with E-state index >= 15 is 0 Å². The van der Waals surface area contributed by atoms with Crippen molar-refractivity contribution < 1.29 is 18.0 Å². The highest BCUT2D eigenvalue weighted by atomic mass is 19.4. The van der Waals surface area contributed by atoms with E-state index in [1.54, 1.807) is 4.68 Å². The molecule has 118 valence electrons. The Morgan fingerprint density at radius 2 is 2.23 bits per heavy atom. The molecular weight excluding hydrogens is 301 g/mol. The van der Waals surface area contributed by atoms with E-state index in [1.807, 2.05) is 0 Å². The summed E-state index contributed by atoms with van der Waals surface area (Å²) in [6.45, 7) is 0.714. The van der Waals surface area contributed by atoms with Crippen molar-refractivity contribution in [3.05, 3.63) is 29.6 Å². The maximum absolute atomic E-state index is 12.6. The number of hydrogen-bond acceptors (Lipinski definition) is 4. The summed E-state index contributed by atoms with van der Waals surface area (Å²) >= 11 is 0. The molecule has 10 heteroatoms. The third-order valence-electron chi connectivity index (χ3n) is 3.53. The molecular formula is C12H13F3N6O. The first-order valence-corrected chi connectivity index (χ1v) is 6.66. The summed E-state index contributed by atoms with van der Waals surface area (Å²) in [7, 11) is 1.30. The molecule has 1 N–H and O–H groups in total. The number of carbonyl (C=O) groups excluding carboxylic acids is 1. The number of halogens is 3. The van der Waals surface area contributed by atoms with Gasteiger partial charge < -0.3 is 5.32 Å². The lowest BCUT2D eigenvalue weighted by Gasteiger charge is -2.23. The van der Waals surface area contributed by atoms with Gasteiger partial charge in [0.1, 0.15) is 17.8 Å². The van der Waals surface area contributed by atoms with Gasteiger partial charge in [0.15, 0.2) is 5.69 Å². The Morgan fingerprint density at radius 3 is 2.91 bits per heavy atom. The molecule has 1 aliphatic rings. The number of aryl methyl sites for hydroxylation is 2. The van der Waals surface area contributed by atoms with Crippen LogP contribution in [0.2, 0.25) is 0 Å². The molecule has 1 atom stereocenters. The summed E-state index contributed by atoms with van der Waals surface area (Å²) < 4.78 is 40.5. The van der Waals surface area contributed by atoms with E-state index < -0.39 is 17.8 Å². The Kier molecular flexibility index (Phi) is 3.38. The van der Waals surface area contributed by atoms with Crippen molar-refractivity contribution in [2.75, 3.05) is 0 Å². The molecule has 2 aromatic heterocycles. The number of alkyl halides is 3. The molecule has 0 saturated heterocycles. The molecule has 0 saturated carbocycles. The molecule has 22 heavy (non-hydrogen) atoms. The summed E-state index contributed by atoms with van der Waals surface area (Å²) in [5.41, 5.74) is -1.24. The number of fused-ring (bicyclic) bond motifs is 1. The first kappa shape index (κ1) is 14.5. The van der Waals surface area contributed by atoms with Crippen molar-refractivity contribution >= 4 is 5.91 Å². The molecule has 2 aromatic rings. The Balaban J connectivity index is 1.80. The summed E-state index contributed by atoms with van der Waals surface area (Å²) in [5.74, 6) is -0.00948. The fraction of sp³-hybridized carbons (Fsp3) is 0.500. The lowest BCUT2D eigenvalue weighted by molar-refractivity contribution is -0.141. The number of aromatic nitrogens is 5. The Hall–Kier alpha value is -2.39. The number of rotatable bonds is 2. The lowest BCUT2D eigenvalue weighted by atomic mass is 10.1. The first-order chi connectivity index (χ1) is 10.4. The third-order valence-corrected chi connectivity index (χ3v) is 3.53. The maximum atomic E-state index is 12.6. The zero-order valence-electron chi connectivity index (χ0n) is 11.6. The smallest absolute Gasteiger partial charge is 0.341 e. The van der Waals surface area contributed by atoms with Crippen molar-refractivity contribution in [3.63, 3.8) is 0 Å². The van der Waals surface area contributed by atoms with Crippen molar-refractivity contribution in [2.45, 2.75) is 31.6 Å². The highest BCUT2D eigenvalue weighted by Gasteiger charge is 2.36. The minimum Gasteiger partial charge on any atom is -0.341 e. The van der Waals surface area contributed by atoms with Gasteiger partial charge in [-0.15, -0.1) is 0 Å². The highest BCUT2D eigenvalue weighted by molar-refractivity contribution is 5.92. The average Bonchev–Trinajstić information content (AvgIpc) is 3.04. The second-order valence-corrected chi connectivity index (χ2v) is 5.05. The van der Waals surface area contributed by atoms with Crippen LogP contribution in [0.25, 0.3) is 0 Å². The first-order valence-electron chi connectivity index (χ1n) is 6.66. The van der Waals surface area contributed by atoms with Crippen LogP contribution >= 0.6 is 0 Å². The fourth-order valence-electron chi connectivity index (χ4n) is 2.48. The summed E-state index contributed by atoms with van der Waals surface area (Å²) in [6.07, 6.45) is -1.72. The second-order valence-electron chi connectivity index (χ2n) is 5.05. The van der Waals surface area contributed by atoms with E-state index in [4.69, 9.17) is 0 Å². The van der Waals surface area contributed by atoms with Crippen LogP contribution in [0.5, 0.6) is 0 Å². The molecule has 3 rings (SSSR count). The van der Waals surface area contributed by atoms with Gasteiger partial charge in [-0.3, -0.25) is 9.48 Å². The predicted molar refractivity (Wildman–Crippen MR) is 67.7 cm³/mol. The van der Waals surface area contributed by atoms with Crippen LogP contribution in [-0.2, 0) is 19.8 Å². The molecule has 1 unspecified atom stereocenters. The zero-order valence-corrected chi connectivity index (χ0v) is 11.6. The maximum Gasteiger partial charge on any atom is 0.435 e. The number of hydrogen-bond donors (Lipinski definition) is 1. The summed E-state index contributed by atoms with van der Waals surface area (Å²) in [5, 5.41) is 10.0. The quantitative estimate of drug-likeness (QED) is 0.906. The third kappa shape index (κ3) is 2.55. The minimum atomic E-state index is -4.58. The Bertz CT molecular complexity index is 704. The van der Waals surface area contributed by atoms with Crippen molar-refractivity contribution in [1.82, 2.24) is 29.9 Å². The topological polar surface area (TPSA) is 77.6 Å². The molecule has 0 aliphatic carbocycles. The van der Waals surface area contributed by atoms with Gasteiger partial charge in [0.2, 0.25) is 0 Å². The van der Waals surface area contributed by atoms with Gasteiger partial charge in [0, 0.05) is 19.7 Å². The van der Waals surface area contributed by atoms with Gasteiger partial charge in [0.25, 0.3) is 5.91 Å². The second kappa shape index (κ2) is 5.11. The van der Waals surface area contributed by atoms with Crippen molar-refractivity contribution in [2.24, 2.45) is 7.05 Å². The van der Waals surface area contributed by atoms with E-state index in [0.29, 0.717) is 18.8 Å². The Labute approximate surface area is 123 Å². The van der Waals surface area contributed by atoms with Crippen molar-refractivity contribution in [3.8, 4) is 0 Å². The molecule has 0 aromatic carbocycles. The van der Waals surface area contributed by atoms with Gasteiger partial charge >= 0.3 is 6.18 Å². The summed E-state index contributed by atoms with van der Waals surface area (Å²) in [6, 6.07) is 0.371. The molecule has 0 spiro atoms. The molecule has 0 radical (unpaired) electrons. The lowest BCUT2D eigenvalue weighted by Crippen LogP contribution is -2.34. The van der Waals surface area contributed by atoms with Crippen LogP contribution in [0.3, 0.4) is 0 Å². The SMILES string of the molecule is Cn1nc(C(F)(F)F)cc1C(=O)NC1CCCn2ncnc21. The molecule has 0 bridgehead atoms. The van der Waals surface area contributed by atoms with E-state index in [9.17, 15) is 18.0 Å². The Morgan fingerprint density at radius 1 is 1.45 bits per heavy atom. The minimum absolute atomic E-state index is 0.149. The van der Waals surface area contributed by atoms with Gasteiger partial charge in [-0.2, -0.15) is 23.4 Å².